The number of unbranched alkanes of at least 4 members (excludes halogenated alkanes) is 2. The molecule has 0 saturated carbocycles. The van der Waals surface area contributed by atoms with Crippen molar-refractivity contribution in [1.29, 1.82) is 0 Å². The highest BCUT2D eigenvalue weighted by Crippen LogP contribution is 2.20. The van der Waals surface area contributed by atoms with Crippen molar-refractivity contribution in [3.63, 3.8) is 0 Å². The van der Waals surface area contributed by atoms with Crippen molar-refractivity contribution < 1.29 is 8.42 Å². The van der Waals surface area contributed by atoms with Crippen LogP contribution in [0.2, 0.25) is 0 Å². The van der Waals surface area contributed by atoms with Crippen molar-refractivity contribution in [1.82, 2.24) is 14.1 Å². The first kappa shape index (κ1) is 16.0. The number of nitrogens with two attached hydrogens (primary N) is 1. The van der Waals surface area contributed by atoms with Gasteiger partial charge in [0, 0.05) is 26.3 Å². The van der Waals surface area contributed by atoms with Crippen molar-refractivity contribution in [2.45, 2.75) is 51.0 Å². The van der Waals surface area contributed by atoms with Gasteiger partial charge in [-0.3, -0.25) is 4.68 Å². The Hall–Kier alpha value is -1.08. The number of hydrogen-bond acceptors (Lipinski definition) is 4. The number of aromatic nitrogens is 2. The highest BCUT2D eigenvalue weighted by molar-refractivity contribution is 7.89. The molecule has 0 fully saturated rings. The van der Waals surface area contributed by atoms with Gasteiger partial charge in [0.25, 0.3) is 0 Å². The van der Waals surface area contributed by atoms with Gasteiger partial charge in [0.1, 0.15) is 4.90 Å². The van der Waals surface area contributed by atoms with Gasteiger partial charge in [-0.05, 0) is 12.8 Å². The second kappa shape index (κ2) is 6.91. The fourth-order valence-electron chi connectivity index (χ4n) is 1.83. The zero-order valence-electron chi connectivity index (χ0n) is 12.0. The minimum absolute atomic E-state index is 0.0794. The lowest BCUT2D eigenvalue weighted by Crippen LogP contribution is -2.28. The van der Waals surface area contributed by atoms with Crippen LogP contribution in [0.25, 0.3) is 0 Å². The summed E-state index contributed by atoms with van der Waals surface area (Å²) in [6.45, 7) is 5.26. The molecule has 110 valence electrons. The van der Waals surface area contributed by atoms with Crippen LogP contribution >= 0.6 is 0 Å². The monoisotopic (exact) mass is 288 g/mol. The molecule has 1 aromatic heterocycles. The van der Waals surface area contributed by atoms with Gasteiger partial charge in [-0.1, -0.05) is 26.7 Å². The first-order valence-corrected chi connectivity index (χ1v) is 8.16. The Morgan fingerprint density at radius 2 is 2.00 bits per heavy atom. The lowest BCUT2D eigenvalue weighted by Gasteiger charge is -2.15. The third-order valence-electron chi connectivity index (χ3n) is 2.97. The molecule has 2 N–H and O–H groups in total. The molecule has 0 bridgehead atoms. The van der Waals surface area contributed by atoms with E-state index in [9.17, 15) is 8.42 Å². The zero-order chi connectivity index (χ0) is 14.5. The predicted molar refractivity (Wildman–Crippen MR) is 76.3 cm³/mol. The van der Waals surface area contributed by atoms with E-state index in [1.54, 1.807) is 11.7 Å². The number of aryl methyl sites for hydroxylation is 1. The third-order valence-corrected chi connectivity index (χ3v) is 4.85. The van der Waals surface area contributed by atoms with Crippen LogP contribution in [0, 0.1) is 0 Å². The molecular formula is C12H24N4O2S. The highest BCUT2D eigenvalue weighted by atomic mass is 32.2. The summed E-state index contributed by atoms with van der Waals surface area (Å²) in [5.41, 5.74) is 5.71. The van der Waals surface area contributed by atoms with Crippen LogP contribution in [0.4, 0.5) is 5.82 Å². The molecule has 0 aliphatic rings. The van der Waals surface area contributed by atoms with Gasteiger partial charge in [-0.15, -0.1) is 0 Å². The van der Waals surface area contributed by atoms with Crippen LogP contribution in [-0.4, -0.2) is 36.1 Å². The molecule has 1 heterocycles. The molecule has 0 spiro atoms. The molecule has 0 saturated heterocycles. The van der Waals surface area contributed by atoms with E-state index in [1.165, 1.54) is 10.5 Å². The van der Waals surface area contributed by atoms with Crippen molar-refractivity contribution in [2.75, 3.05) is 19.3 Å². The number of rotatable bonds is 8. The van der Waals surface area contributed by atoms with Crippen molar-refractivity contribution in [3.8, 4) is 0 Å². The number of sulfonamides is 1. The second-order valence-corrected chi connectivity index (χ2v) is 6.69. The summed E-state index contributed by atoms with van der Waals surface area (Å²) in [5.74, 6) is 0.0794. The first-order valence-electron chi connectivity index (χ1n) is 6.72. The minimum atomic E-state index is -3.52. The second-order valence-electron chi connectivity index (χ2n) is 4.68. The van der Waals surface area contributed by atoms with Crippen molar-refractivity contribution in [3.05, 3.63) is 6.20 Å². The lowest BCUT2D eigenvalue weighted by atomic mass is 10.2. The summed E-state index contributed by atoms with van der Waals surface area (Å²) in [6.07, 6.45) is 5.33. The molecule has 1 rings (SSSR count). The normalized spacial score (nSPS) is 12.2. The Kier molecular flexibility index (Phi) is 5.81. The lowest BCUT2D eigenvalue weighted by molar-refractivity contribution is 0.454. The predicted octanol–water partition coefficient (Wildman–Crippen LogP) is 1.69. The fraction of sp³-hybridized carbons (Fsp3) is 0.750. The van der Waals surface area contributed by atoms with Crippen LogP contribution in [0.3, 0.4) is 0 Å². The SMILES string of the molecule is CCCCCN(C)S(=O)(=O)c1cn(CCC)nc1N. The average molecular weight is 288 g/mol. The largest absolute Gasteiger partial charge is 0.381 e. The Balaban J connectivity index is 2.86. The van der Waals surface area contributed by atoms with E-state index in [-0.39, 0.29) is 10.7 Å². The number of hydrogen-bond donors (Lipinski definition) is 1. The van der Waals surface area contributed by atoms with Crippen LogP contribution < -0.4 is 5.73 Å². The smallest absolute Gasteiger partial charge is 0.248 e. The van der Waals surface area contributed by atoms with Crippen molar-refractivity contribution >= 4 is 15.8 Å². The molecule has 0 amide bonds. The summed E-state index contributed by atoms with van der Waals surface area (Å²) < 4.78 is 27.7. The van der Waals surface area contributed by atoms with Gasteiger partial charge in [0.2, 0.25) is 10.0 Å². The first-order chi connectivity index (χ1) is 8.93. The fourth-order valence-corrected chi connectivity index (χ4v) is 3.10. The maximum Gasteiger partial charge on any atom is 0.248 e. The van der Waals surface area contributed by atoms with Gasteiger partial charge in [-0.2, -0.15) is 5.10 Å². The topological polar surface area (TPSA) is 81.2 Å². The average Bonchev–Trinajstić information content (AvgIpc) is 2.71. The Bertz CT molecular complexity index is 496. The highest BCUT2D eigenvalue weighted by Gasteiger charge is 2.25. The summed E-state index contributed by atoms with van der Waals surface area (Å²) in [7, 11) is -1.94. The van der Waals surface area contributed by atoms with E-state index in [4.69, 9.17) is 5.73 Å². The maximum atomic E-state index is 12.4. The maximum absolute atomic E-state index is 12.4. The summed E-state index contributed by atoms with van der Waals surface area (Å²) in [5, 5.41) is 4.03. The molecule has 6 nitrogen and oxygen atoms in total. The molecule has 0 aliphatic heterocycles. The van der Waals surface area contributed by atoms with Gasteiger partial charge in [0.15, 0.2) is 5.82 Å². The third kappa shape index (κ3) is 3.94. The standard InChI is InChI=1S/C12H24N4O2S/c1-4-6-7-9-15(3)19(17,18)11-10-16(8-5-2)14-12(11)13/h10H,4-9H2,1-3H3,(H2,13,14). The molecule has 0 unspecified atom stereocenters. The van der Waals surface area contributed by atoms with Crippen LogP contribution in [0.1, 0.15) is 39.5 Å². The van der Waals surface area contributed by atoms with Crippen LogP contribution in [0.15, 0.2) is 11.1 Å². The number of nitrogen functional groups attached to an aromatic ring is 1. The number of anilines is 1. The van der Waals surface area contributed by atoms with Gasteiger partial charge in [0.05, 0.1) is 0 Å². The van der Waals surface area contributed by atoms with Crippen LogP contribution in [0.5, 0.6) is 0 Å². The Labute approximate surface area is 115 Å². The summed E-state index contributed by atoms with van der Waals surface area (Å²) >= 11 is 0. The Morgan fingerprint density at radius 3 is 2.58 bits per heavy atom. The van der Waals surface area contributed by atoms with Crippen molar-refractivity contribution in [2.24, 2.45) is 0 Å². The van der Waals surface area contributed by atoms with Gasteiger partial charge in [-0.25, -0.2) is 12.7 Å². The van der Waals surface area contributed by atoms with Gasteiger partial charge >= 0.3 is 0 Å². The molecule has 1 aromatic rings. The molecule has 0 atom stereocenters. The molecule has 0 aromatic carbocycles. The minimum Gasteiger partial charge on any atom is -0.381 e. The van der Waals surface area contributed by atoms with Crippen LogP contribution in [-0.2, 0) is 16.6 Å². The van der Waals surface area contributed by atoms with E-state index in [1.807, 2.05) is 6.92 Å². The van der Waals surface area contributed by atoms with E-state index in [0.29, 0.717) is 13.1 Å². The Morgan fingerprint density at radius 1 is 1.32 bits per heavy atom. The van der Waals surface area contributed by atoms with E-state index < -0.39 is 10.0 Å². The number of nitrogens with zero attached hydrogens (tertiary/aromatic N) is 3. The van der Waals surface area contributed by atoms with E-state index in [0.717, 1.165) is 25.7 Å². The molecule has 19 heavy (non-hydrogen) atoms. The zero-order valence-corrected chi connectivity index (χ0v) is 12.8. The van der Waals surface area contributed by atoms with Gasteiger partial charge < -0.3 is 5.73 Å². The van der Waals surface area contributed by atoms with E-state index >= 15 is 0 Å². The molecule has 7 heteroatoms. The molecular weight excluding hydrogens is 264 g/mol. The summed E-state index contributed by atoms with van der Waals surface area (Å²) in [6, 6.07) is 0. The van der Waals surface area contributed by atoms with E-state index in [2.05, 4.69) is 12.0 Å². The molecule has 0 aliphatic carbocycles. The molecule has 0 radical (unpaired) electrons. The summed E-state index contributed by atoms with van der Waals surface area (Å²) in [4.78, 5) is 0.111. The quantitative estimate of drug-likeness (QED) is 0.738.